The molecule has 9 heteroatoms. The highest BCUT2D eigenvalue weighted by atomic mass is 35.5. The molecular weight excluding hydrogens is 474 g/mol. The SMILES string of the molecule is C=CC(=O)Nc1cc(Nc2ncc3cccc(-c4cncc(Cl)c4)c3n2)ccc1N(C)CCN(C)C. The Bertz CT molecular complexity index is 1410. The summed E-state index contributed by atoms with van der Waals surface area (Å²) in [6, 6.07) is 13.5. The molecule has 0 unspecified atom stereocenters. The van der Waals surface area contributed by atoms with Crippen molar-refractivity contribution in [2.24, 2.45) is 0 Å². The molecule has 0 fully saturated rings. The third-order valence-corrected chi connectivity index (χ3v) is 5.82. The lowest BCUT2D eigenvalue weighted by Gasteiger charge is -2.24. The lowest BCUT2D eigenvalue weighted by atomic mass is 10.0. The van der Waals surface area contributed by atoms with Crippen molar-refractivity contribution in [3.05, 3.63) is 78.7 Å². The lowest BCUT2D eigenvalue weighted by molar-refractivity contribution is -0.111. The maximum Gasteiger partial charge on any atom is 0.247 e. The Morgan fingerprint density at radius 3 is 2.67 bits per heavy atom. The predicted octanol–water partition coefficient (Wildman–Crippen LogP) is 5.21. The van der Waals surface area contributed by atoms with Gasteiger partial charge in [0.15, 0.2) is 0 Å². The van der Waals surface area contributed by atoms with Crippen LogP contribution >= 0.6 is 11.6 Å². The molecule has 0 spiro atoms. The quantitative estimate of drug-likeness (QED) is 0.304. The van der Waals surface area contributed by atoms with Gasteiger partial charge in [0.25, 0.3) is 0 Å². The Kier molecular flexibility index (Phi) is 7.77. The molecule has 0 radical (unpaired) electrons. The number of amides is 1. The fourth-order valence-corrected chi connectivity index (χ4v) is 3.91. The van der Waals surface area contributed by atoms with Crippen molar-refractivity contribution in [3.8, 4) is 11.1 Å². The summed E-state index contributed by atoms with van der Waals surface area (Å²) >= 11 is 6.17. The predicted molar refractivity (Wildman–Crippen MR) is 148 cm³/mol. The van der Waals surface area contributed by atoms with Crippen molar-refractivity contribution < 1.29 is 4.79 Å². The van der Waals surface area contributed by atoms with Crippen LogP contribution in [0.1, 0.15) is 0 Å². The normalized spacial score (nSPS) is 10.9. The number of anilines is 4. The number of benzene rings is 2. The van der Waals surface area contributed by atoms with Gasteiger partial charge in [0, 0.05) is 60.9 Å². The standard InChI is InChI=1S/C27H28ClN7O/c1-5-25(36)32-23-14-21(9-10-24(23)35(4)12-11-34(2)3)31-27-30-16-18-7-6-8-22(26(18)33-27)19-13-20(28)17-29-15-19/h5-10,13-17H,1,11-12H2,2-4H3,(H,32,36)(H,30,31,33). The molecule has 2 heterocycles. The Morgan fingerprint density at radius 2 is 1.92 bits per heavy atom. The number of pyridine rings is 1. The number of aromatic nitrogens is 3. The van der Waals surface area contributed by atoms with Crippen molar-refractivity contribution in [1.29, 1.82) is 0 Å². The smallest absolute Gasteiger partial charge is 0.247 e. The summed E-state index contributed by atoms with van der Waals surface area (Å²) < 4.78 is 0. The summed E-state index contributed by atoms with van der Waals surface area (Å²) in [6.07, 6.45) is 6.39. The second-order valence-electron chi connectivity index (χ2n) is 8.60. The lowest BCUT2D eigenvalue weighted by Crippen LogP contribution is -2.29. The number of fused-ring (bicyclic) bond motifs is 1. The molecule has 4 rings (SSSR count). The van der Waals surface area contributed by atoms with Gasteiger partial charge in [-0.25, -0.2) is 9.97 Å². The highest BCUT2D eigenvalue weighted by Gasteiger charge is 2.13. The van der Waals surface area contributed by atoms with Crippen LogP contribution in [0.25, 0.3) is 22.0 Å². The van der Waals surface area contributed by atoms with Gasteiger partial charge in [-0.15, -0.1) is 0 Å². The van der Waals surface area contributed by atoms with Gasteiger partial charge < -0.3 is 20.4 Å². The topological polar surface area (TPSA) is 86.3 Å². The molecule has 36 heavy (non-hydrogen) atoms. The minimum atomic E-state index is -0.281. The molecule has 2 aromatic carbocycles. The van der Waals surface area contributed by atoms with E-state index in [0.29, 0.717) is 16.7 Å². The van der Waals surface area contributed by atoms with Crippen LogP contribution in [-0.4, -0.2) is 60.0 Å². The second-order valence-corrected chi connectivity index (χ2v) is 9.04. The number of nitrogens with zero attached hydrogens (tertiary/aromatic N) is 5. The van der Waals surface area contributed by atoms with Crippen molar-refractivity contribution in [2.45, 2.75) is 0 Å². The van der Waals surface area contributed by atoms with Crippen LogP contribution < -0.4 is 15.5 Å². The van der Waals surface area contributed by atoms with Crippen LogP contribution in [0.15, 0.2) is 73.7 Å². The largest absolute Gasteiger partial charge is 0.372 e. The zero-order valence-corrected chi connectivity index (χ0v) is 21.3. The van der Waals surface area contributed by atoms with Crippen molar-refractivity contribution in [1.82, 2.24) is 19.9 Å². The average molecular weight is 502 g/mol. The molecule has 0 aliphatic rings. The van der Waals surface area contributed by atoms with E-state index < -0.39 is 0 Å². The Hall–Kier alpha value is -4.01. The summed E-state index contributed by atoms with van der Waals surface area (Å²) in [6.45, 7) is 5.24. The van der Waals surface area contributed by atoms with Gasteiger partial charge in [-0.3, -0.25) is 9.78 Å². The van der Waals surface area contributed by atoms with E-state index in [1.807, 2.05) is 63.6 Å². The first-order chi connectivity index (χ1) is 17.3. The number of hydrogen-bond acceptors (Lipinski definition) is 7. The number of rotatable bonds is 9. The Labute approximate surface area is 215 Å². The second kappa shape index (κ2) is 11.2. The van der Waals surface area contributed by atoms with E-state index in [1.54, 1.807) is 18.6 Å². The third kappa shape index (κ3) is 5.97. The minimum Gasteiger partial charge on any atom is -0.372 e. The van der Waals surface area contributed by atoms with Gasteiger partial charge in [0.1, 0.15) is 0 Å². The van der Waals surface area contributed by atoms with E-state index in [9.17, 15) is 4.79 Å². The fourth-order valence-electron chi connectivity index (χ4n) is 3.74. The van der Waals surface area contributed by atoms with Crippen molar-refractivity contribution in [2.75, 3.05) is 49.8 Å². The van der Waals surface area contributed by atoms with E-state index in [2.05, 4.69) is 37.0 Å². The zero-order valence-electron chi connectivity index (χ0n) is 20.5. The van der Waals surface area contributed by atoms with Gasteiger partial charge in [-0.05, 0) is 44.4 Å². The van der Waals surface area contributed by atoms with E-state index in [0.717, 1.165) is 46.5 Å². The maximum absolute atomic E-state index is 12.1. The number of nitrogens with one attached hydrogen (secondary N) is 2. The summed E-state index contributed by atoms with van der Waals surface area (Å²) in [4.78, 5) is 29.8. The Morgan fingerprint density at radius 1 is 1.08 bits per heavy atom. The molecule has 1 amide bonds. The number of carbonyl (C=O) groups excluding carboxylic acids is 1. The Balaban J connectivity index is 1.67. The first-order valence-electron chi connectivity index (χ1n) is 11.4. The molecule has 0 saturated carbocycles. The molecule has 184 valence electrons. The van der Waals surface area contributed by atoms with E-state index >= 15 is 0 Å². The zero-order chi connectivity index (χ0) is 25.7. The van der Waals surface area contributed by atoms with Crippen LogP contribution in [0.3, 0.4) is 0 Å². The van der Waals surface area contributed by atoms with Gasteiger partial charge in [-0.2, -0.15) is 0 Å². The van der Waals surface area contributed by atoms with Crippen LogP contribution in [0.4, 0.5) is 23.0 Å². The van der Waals surface area contributed by atoms with Gasteiger partial charge in [-0.1, -0.05) is 36.4 Å². The number of likely N-dealkylation sites (N-methyl/N-ethyl adjacent to an activating group) is 2. The molecule has 2 N–H and O–H groups in total. The molecular formula is C27H28ClN7O. The van der Waals surface area contributed by atoms with Crippen molar-refractivity contribution in [3.63, 3.8) is 0 Å². The summed E-state index contributed by atoms with van der Waals surface area (Å²) in [5.74, 6) is 0.149. The molecule has 2 aromatic heterocycles. The van der Waals surface area contributed by atoms with Crippen LogP contribution in [0.2, 0.25) is 5.02 Å². The van der Waals surface area contributed by atoms with E-state index in [1.165, 1.54) is 6.08 Å². The third-order valence-electron chi connectivity index (χ3n) is 5.62. The fraction of sp³-hybridized carbons (Fsp3) is 0.185. The first-order valence-corrected chi connectivity index (χ1v) is 11.8. The monoisotopic (exact) mass is 501 g/mol. The maximum atomic E-state index is 12.1. The number of carbonyl (C=O) groups is 1. The van der Waals surface area contributed by atoms with E-state index in [-0.39, 0.29) is 5.91 Å². The number of para-hydroxylation sites is 1. The summed E-state index contributed by atoms with van der Waals surface area (Å²) in [7, 11) is 6.05. The molecule has 0 aliphatic carbocycles. The van der Waals surface area contributed by atoms with Gasteiger partial charge in [0.2, 0.25) is 11.9 Å². The highest BCUT2D eigenvalue weighted by molar-refractivity contribution is 6.30. The van der Waals surface area contributed by atoms with Crippen LogP contribution in [0.5, 0.6) is 0 Å². The van der Waals surface area contributed by atoms with Gasteiger partial charge >= 0.3 is 0 Å². The molecule has 0 saturated heterocycles. The summed E-state index contributed by atoms with van der Waals surface area (Å²) in [5, 5.41) is 7.63. The molecule has 0 aliphatic heterocycles. The molecule has 0 bridgehead atoms. The minimum absolute atomic E-state index is 0.281. The van der Waals surface area contributed by atoms with Crippen LogP contribution in [0, 0.1) is 0 Å². The first kappa shape index (κ1) is 25.1. The van der Waals surface area contributed by atoms with Gasteiger partial charge in [0.05, 0.1) is 21.9 Å². The summed E-state index contributed by atoms with van der Waals surface area (Å²) in [5.41, 5.74) is 4.85. The molecule has 8 nitrogen and oxygen atoms in total. The number of hydrogen-bond donors (Lipinski definition) is 2. The van der Waals surface area contributed by atoms with Crippen LogP contribution in [-0.2, 0) is 4.79 Å². The highest BCUT2D eigenvalue weighted by Crippen LogP contribution is 2.31. The average Bonchev–Trinajstić information content (AvgIpc) is 2.87. The molecule has 0 atom stereocenters. The van der Waals surface area contributed by atoms with Crippen molar-refractivity contribution >= 4 is 51.4 Å². The van der Waals surface area contributed by atoms with E-state index in [4.69, 9.17) is 16.6 Å². The number of halogens is 1. The molecule has 4 aromatic rings.